The normalized spacial score (nSPS) is 15.5. The number of aromatic nitrogens is 1. The maximum Gasteiger partial charge on any atom is 0.254 e. The third kappa shape index (κ3) is 4.94. The van der Waals surface area contributed by atoms with Gasteiger partial charge in [-0.15, -0.1) is 0 Å². The zero-order chi connectivity index (χ0) is 22.5. The molecule has 0 unspecified atom stereocenters. The average molecular weight is 437 g/mol. The van der Waals surface area contributed by atoms with Gasteiger partial charge in [-0.1, -0.05) is 22.9 Å². The summed E-state index contributed by atoms with van der Waals surface area (Å²) < 4.78 is 22.2. The Kier molecular flexibility index (Phi) is 6.75. The molecule has 4 rings (SSSR count). The largest absolute Gasteiger partial charge is 0.497 e. The van der Waals surface area contributed by atoms with E-state index in [1.54, 1.807) is 19.1 Å². The van der Waals surface area contributed by atoms with E-state index in [-0.39, 0.29) is 12.0 Å². The van der Waals surface area contributed by atoms with E-state index >= 15 is 0 Å². The second-order valence-corrected chi connectivity index (χ2v) is 7.94. The summed E-state index contributed by atoms with van der Waals surface area (Å²) in [5.41, 5.74) is 3.15. The highest BCUT2D eigenvalue weighted by atomic mass is 16.5. The number of amides is 1. The molecule has 7 heteroatoms. The van der Waals surface area contributed by atoms with Crippen LogP contribution in [0, 0.1) is 6.92 Å². The van der Waals surface area contributed by atoms with Crippen LogP contribution in [0.15, 0.2) is 53.1 Å². The molecule has 1 amide bonds. The monoisotopic (exact) mass is 436 g/mol. The standard InChI is InChI=1S/C25H28N2O5/c1-17-6-8-18(9-7-17)25(28)27(16-21-5-4-12-31-21)15-19-13-24(32-26-19)22-14-20(29-2)10-11-23(22)30-3/h6-11,13-14,21H,4-5,12,15-16H2,1-3H3/t21-/m0/s1. The summed E-state index contributed by atoms with van der Waals surface area (Å²) in [7, 11) is 3.21. The minimum absolute atomic E-state index is 0.0363. The van der Waals surface area contributed by atoms with E-state index < -0.39 is 0 Å². The molecule has 0 saturated carbocycles. The van der Waals surface area contributed by atoms with Crippen LogP contribution in [0.3, 0.4) is 0 Å². The van der Waals surface area contributed by atoms with Gasteiger partial charge in [-0.05, 0) is 50.1 Å². The molecule has 1 fully saturated rings. The van der Waals surface area contributed by atoms with Gasteiger partial charge in [0.1, 0.15) is 17.2 Å². The van der Waals surface area contributed by atoms with E-state index in [0.717, 1.165) is 30.6 Å². The second-order valence-electron chi connectivity index (χ2n) is 7.94. The Morgan fingerprint density at radius 2 is 1.94 bits per heavy atom. The van der Waals surface area contributed by atoms with E-state index in [2.05, 4.69) is 5.16 Å². The Hall–Kier alpha value is -3.32. The van der Waals surface area contributed by atoms with Gasteiger partial charge in [0.15, 0.2) is 5.76 Å². The minimum atomic E-state index is -0.0518. The van der Waals surface area contributed by atoms with Crippen LogP contribution in [0.25, 0.3) is 11.3 Å². The fourth-order valence-corrected chi connectivity index (χ4v) is 3.85. The molecule has 2 aromatic carbocycles. The molecule has 0 aliphatic carbocycles. The molecule has 1 aliphatic heterocycles. The first-order chi connectivity index (χ1) is 15.6. The zero-order valence-electron chi connectivity index (χ0n) is 18.7. The van der Waals surface area contributed by atoms with Gasteiger partial charge >= 0.3 is 0 Å². The molecule has 0 radical (unpaired) electrons. The SMILES string of the molecule is COc1ccc(OC)c(-c2cc(CN(C[C@@H]3CCCO3)C(=O)c3ccc(C)cc3)no2)c1. The van der Waals surface area contributed by atoms with Crippen molar-refractivity contribution in [2.75, 3.05) is 27.4 Å². The summed E-state index contributed by atoms with van der Waals surface area (Å²) in [5.74, 6) is 1.84. The molecular formula is C25H28N2O5. The van der Waals surface area contributed by atoms with E-state index in [1.807, 2.05) is 55.5 Å². The Labute approximate surface area is 187 Å². The van der Waals surface area contributed by atoms with Crippen molar-refractivity contribution in [3.8, 4) is 22.8 Å². The van der Waals surface area contributed by atoms with Crippen LogP contribution in [-0.2, 0) is 11.3 Å². The molecule has 7 nitrogen and oxygen atoms in total. The molecular weight excluding hydrogens is 408 g/mol. The highest BCUT2D eigenvalue weighted by Gasteiger charge is 2.25. The van der Waals surface area contributed by atoms with Crippen molar-refractivity contribution < 1.29 is 23.5 Å². The average Bonchev–Trinajstić information content (AvgIpc) is 3.50. The van der Waals surface area contributed by atoms with Gasteiger partial charge in [0.05, 0.1) is 32.4 Å². The zero-order valence-corrected chi connectivity index (χ0v) is 18.7. The number of ether oxygens (including phenoxy) is 3. The first-order valence-electron chi connectivity index (χ1n) is 10.7. The maximum absolute atomic E-state index is 13.3. The van der Waals surface area contributed by atoms with Gasteiger partial charge < -0.3 is 23.6 Å². The molecule has 1 saturated heterocycles. The summed E-state index contributed by atoms with van der Waals surface area (Å²) in [4.78, 5) is 15.1. The summed E-state index contributed by atoms with van der Waals surface area (Å²) in [6.45, 7) is 3.57. The van der Waals surface area contributed by atoms with Gasteiger partial charge in [-0.3, -0.25) is 4.79 Å². The summed E-state index contributed by atoms with van der Waals surface area (Å²) in [6.07, 6.45) is 2.00. The lowest BCUT2D eigenvalue weighted by Gasteiger charge is -2.24. The molecule has 0 bridgehead atoms. The summed E-state index contributed by atoms with van der Waals surface area (Å²) >= 11 is 0. The molecule has 3 aromatic rings. The predicted molar refractivity (Wildman–Crippen MR) is 120 cm³/mol. The topological polar surface area (TPSA) is 74.0 Å². The van der Waals surface area contributed by atoms with Crippen molar-refractivity contribution in [3.63, 3.8) is 0 Å². The molecule has 1 aliphatic rings. The molecule has 2 heterocycles. The Morgan fingerprint density at radius 3 is 2.62 bits per heavy atom. The number of methoxy groups -OCH3 is 2. The second kappa shape index (κ2) is 9.87. The Balaban J connectivity index is 1.58. The minimum Gasteiger partial charge on any atom is -0.497 e. The van der Waals surface area contributed by atoms with Crippen LogP contribution in [0.1, 0.15) is 34.5 Å². The first-order valence-corrected chi connectivity index (χ1v) is 10.7. The van der Waals surface area contributed by atoms with Crippen LogP contribution in [0.4, 0.5) is 0 Å². The number of hydrogen-bond donors (Lipinski definition) is 0. The number of rotatable bonds is 8. The molecule has 1 atom stereocenters. The molecule has 0 spiro atoms. The van der Waals surface area contributed by atoms with E-state index in [4.69, 9.17) is 18.7 Å². The van der Waals surface area contributed by atoms with Gasteiger partial charge in [-0.2, -0.15) is 0 Å². The Bertz CT molecular complexity index is 1050. The molecule has 168 valence electrons. The van der Waals surface area contributed by atoms with Crippen LogP contribution >= 0.6 is 0 Å². The summed E-state index contributed by atoms with van der Waals surface area (Å²) in [5, 5.41) is 4.22. The summed E-state index contributed by atoms with van der Waals surface area (Å²) in [6, 6.07) is 14.9. The Morgan fingerprint density at radius 1 is 1.12 bits per heavy atom. The van der Waals surface area contributed by atoms with Crippen molar-refractivity contribution in [2.45, 2.75) is 32.4 Å². The van der Waals surface area contributed by atoms with Gasteiger partial charge in [0.25, 0.3) is 5.91 Å². The van der Waals surface area contributed by atoms with E-state index in [0.29, 0.717) is 41.6 Å². The van der Waals surface area contributed by atoms with Gasteiger partial charge in [0.2, 0.25) is 0 Å². The van der Waals surface area contributed by atoms with Crippen molar-refractivity contribution in [1.29, 1.82) is 0 Å². The number of hydrogen-bond acceptors (Lipinski definition) is 6. The van der Waals surface area contributed by atoms with Crippen LogP contribution in [-0.4, -0.2) is 49.4 Å². The van der Waals surface area contributed by atoms with E-state index in [1.165, 1.54) is 0 Å². The first kappa shape index (κ1) is 21.9. The van der Waals surface area contributed by atoms with E-state index in [9.17, 15) is 4.79 Å². The fourth-order valence-electron chi connectivity index (χ4n) is 3.85. The lowest BCUT2D eigenvalue weighted by molar-refractivity contribution is 0.0502. The number of aryl methyl sites for hydroxylation is 1. The number of nitrogens with zero attached hydrogens (tertiary/aromatic N) is 2. The lowest BCUT2D eigenvalue weighted by atomic mass is 10.1. The third-order valence-electron chi connectivity index (χ3n) is 5.62. The maximum atomic E-state index is 13.3. The van der Waals surface area contributed by atoms with Crippen molar-refractivity contribution in [2.24, 2.45) is 0 Å². The van der Waals surface area contributed by atoms with Crippen molar-refractivity contribution in [1.82, 2.24) is 10.1 Å². The number of benzene rings is 2. The smallest absolute Gasteiger partial charge is 0.254 e. The van der Waals surface area contributed by atoms with Gasteiger partial charge in [0, 0.05) is 24.8 Å². The predicted octanol–water partition coefficient (Wildman–Crippen LogP) is 4.49. The van der Waals surface area contributed by atoms with Crippen LogP contribution in [0.5, 0.6) is 11.5 Å². The highest BCUT2D eigenvalue weighted by molar-refractivity contribution is 5.94. The van der Waals surface area contributed by atoms with Crippen molar-refractivity contribution >= 4 is 5.91 Å². The lowest BCUT2D eigenvalue weighted by Crippen LogP contribution is -2.37. The third-order valence-corrected chi connectivity index (χ3v) is 5.62. The molecule has 32 heavy (non-hydrogen) atoms. The number of carbonyl (C=O) groups excluding carboxylic acids is 1. The molecule has 0 N–H and O–H groups in total. The number of carbonyl (C=O) groups is 1. The van der Waals surface area contributed by atoms with Gasteiger partial charge in [-0.25, -0.2) is 0 Å². The fraction of sp³-hybridized carbons (Fsp3) is 0.360. The quantitative estimate of drug-likeness (QED) is 0.518. The van der Waals surface area contributed by atoms with Crippen LogP contribution < -0.4 is 9.47 Å². The van der Waals surface area contributed by atoms with Crippen LogP contribution in [0.2, 0.25) is 0 Å². The molecule has 1 aromatic heterocycles. The highest BCUT2D eigenvalue weighted by Crippen LogP contribution is 2.34. The van der Waals surface area contributed by atoms with Crippen molar-refractivity contribution in [3.05, 3.63) is 65.4 Å².